The Kier molecular flexibility index (Phi) is 3.71. The Morgan fingerprint density at radius 1 is 1.42 bits per heavy atom. The highest BCUT2D eigenvalue weighted by atomic mass is 35.5. The number of aryl methyl sites for hydroxylation is 1. The van der Waals surface area contributed by atoms with E-state index < -0.39 is 17.7 Å². The van der Waals surface area contributed by atoms with Crippen molar-refractivity contribution in [3.05, 3.63) is 33.8 Å². The highest BCUT2D eigenvalue weighted by Crippen LogP contribution is 2.31. The molecule has 0 saturated heterocycles. The Balaban J connectivity index is 2.29. The number of esters is 1. The number of ketones is 2. The first-order chi connectivity index (χ1) is 8.95. The van der Waals surface area contributed by atoms with Crippen LogP contribution in [0.15, 0.2) is 12.1 Å². The molecule has 1 aromatic carbocycles. The molecule has 0 aromatic heterocycles. The van der Waals surface area contributed by atoms with E-state index >= 15 is 0 Å². The standard InChI is InChI=1S/C14H13ClO4/c1-3-19-14(18)13(17)10-5-8-6-11(15)7(2)4-9(8)12(10)16/h4,6,10H,3,5H2,1-2H3. The van der Waals surface area contributed by atoms with Gasteiger partial charge in [0.2, 0.25) is 0 Å². The van der Waals surface area contributed by atoms with E-state index in [0.29, 0.717) is 16.1 Å². The molecule has 0 fully saturated rings. The summed E-state index contributed by atoms with van der Waals surface area (Å²) in [5.41, 5.74) is 1.96. The first kappa shape index (κ1) is 13.7. The molecular formula is C14H13ClO4. The predicted molar refractivity (Wildman–Crippen MR) is 69.4 cm³/mol. The molecule has 0 heterocycles. The fourth-order valence-corrected chi connectivity index (χ4v) is 2.36. The van der Waals surface area contributed by atoms with Gasteiger partial charge >= 0.3 is 5.97 Å². The molecule has 0 radical (unpaired) electrons. The molecule has 1 unspecified atom stereocenters. The van der Waals surface area contributed by atoms with Gasteiger partial charge in [-0.25, -0.2) is 4.79 Å². The van der Waals surface area contributed by atoms with Gasteiger partial charge in [0.25, 0.3) is 5.78 Å². The summed E-state index contributed by atoms with van der Waals surface area (Å²) >= 11 is 5.99. The molecule has 0 N–H and O–H groups in total. The Bertz CT molecular complexity index is 577. The maximum Gasteiger partial charge on any atom is 0.375 e. The van der Waals surface area contributed by atoms with Crippen LogP contribution >= 0.6 is 11.6 Å². The fraction of sp³-hybridized carbons (Fsp3) is 0.357. The monoisotopic (exact) mass is 280 g/mol. The zero-order valence-corrected chi connectivity index (χ0v) is 11.4. The summed E-state index contributed by atoms with van der Waals surface area (Å²) in [4.78, 5) is 35.4. The molecule has 0 saturated carbocycles. The van der Waals surface area contributed by atoms with Crippen molar-refractivity contribution in [1.82, 2.24) is 0 Å². The second-order valence-corrected chi connectivity index (χ2v) is 4.87. The molecule has 1 atom stereocenters. The summed E-state index contributed by atoms with van der Waals surface area (Å²) in [6.45, 7) is 3.51. The molecule has 1 aliphatic carbocycles. The predicted octanol–water partition coefficient (Wildman–Crippen LogP) is 2.14. The summed E-state index contributed by atoms with van der Waals surface area (Å²) in [5.74, 6) is -3.02. The minimum Gasteiger partial charge on any atom is -0.460 e. The van der Waals surface area contributed by atoms with Crippen molar-refractivity contribution in [2.24, 2.45) is 5.92 Å². The van der Waals surface area contributed by atoms with Crippen molar-refractivity contribution in [3.8, 4) is 0 Å². The second kappa shape index (κ2) is 5.13. The number of hydrogen-bond donors (Lipinski definition) is 0. The van der Waals surface area contributed by atoms with Crippen LogP contribution < -0.4 is 0 Å². The third-order valence-electron chi connectivity index (χ3n) is 3.18. The quantitative estimate of drug-likeness (QED) is 0.483. The van der Waals surface area contributed by atoms with Gasteiger partial charge in [-0.3, -0.25) is 9.59 Å². The topological polar surface area (TPSA) is 60.4 Å². The molecule has 1 aromatic rings. The summed E-state index contributed by atoms with van der Waals surface area (Å²) in [7, 11) is 0. The molecule has 5 heteroatoms. The van der Waals surface area contributed by atoms with Gasteiger partial charge in [-0.1, -0.05) is 11.6 Å². The first-order valence-electron chi connectivity index (χ1n) is 6.00. The lowest BCUT2D eigenvalue weighted by Crippen LogP contribution is -2.29. The third kappa shape index (κ3) is 2.40. The maximum absolute atomic E-state index is 12.1. The van der Waals surface area contributed by atoms with Crippen LogP contribution in [0.4, 0.5) is 0 Å². The van der Waals surface area contributed by atoms with E-state index in [-0.39, 0.29) is 18.8 Å². The highest BCUT2D eigenvalue weighted by Gasteiger charge is 2.39. The van der Waals surface area contributed by atoms with Gasteiger partial charge in [-0.05, 0) is 43.5 Å². The van der Waals surface area contributed by atoms with E-state index in [1.807, 2.05) is 0 Å². The minimum atomic E-state index is -0.966. The summed E-state index contributed by atoms with van der Waals surface area (Å²) in [6, 6.07) is 3.35. The highest BCUT2D eigenvalue weighted by molar-refractivity contribution is 6.40. The number of carbonyl (C=O) groups is 3. The molecule has 2 rings (SSSR count). The smallest absolute Gasteiger partial charge is 0.375 e. The van der Waals surface area contributed by atoms with Crippen LogP contribution in [-0.4, -0.2) is 24.1 Å². The van der Waals surface area contributed by atoms with E-state index in [4.69, 9.17) is 11.6 Å². The van der Waals surface area contributed by atoms with Gasteiger partial charge < -0.3 is 4.74 Å². The first-order valence-corrected chi connectivity index (χ1v) is 6.37. The van der Waals surface area contributed by atoms with E-state index in [1.165, 1.54) is 0 Å². The molecule has 0 aliphatic heterocycles. The van der Waals surface area contributed by atoms with Crippen LogP contribution in [0, 0.1) is 12.8 Å². The molecule has 1 aliphatic rings. The largest absolute Gasteiger partial charge is 0.460 e. The van der Waals surface area contributed by atoms with Gasteiger partial charge in [0.05, 0.1) is 12.5 Å². The number of halogens is 1. The zero-order valence-electron chi connectivity index (χ0n) is 10.7. The van der Waals surface area contributed by atoms with Crippen LogP contribution in [0.2, 0.25) is 5.02 Å². The van der Waals surface area contributed by atoms with Gasteiger partial charge in [0, 0.05) is 10.6 Å². The van der Waals surface area contributed by atoms with Crippen molar-refractivity contribution >= 4 is 29.1 Å². The van der Waals surface area contributed by atoms with Crippen LogP contribution in [0.5, 0.6) is 0 Å². The third-order valence-corrected chi connectivity index (χ3v) is 3.59. The van der Waals surface area contributed by atoms with Crippen LogP contribution in [0.3, 0.4) is 0 Å². The Morgan fingerprint density at radius 2 is 2.11 bits per heavy atom. The van der Waals surface area contributed by atoms with Gasteiger partial charge in [-0.15, -0.1) is 0 Å². The lowest BCUT2D eigenvalue weighted by Gasteiger charge is -2.05. The number of hydrogen-bond acceptors (Lipinski definition) is 4. The molecule has 0 spiro atoms. The molecular weight excluding hydrogens is 268 g/mol. The maximum atomic E-state index is 12.1. The van der Waals surface area contributed by atoms with Crippen molar-refractivity contribution < 1.29 is 19.1 Å². The SMILES string of the molecule is CCOC(=O)C(=O)C1Cc2cc(Cl)c(C)cc2C1=O. The average molecular weight is 281 g/mol. The zero-order chi connectivity index (χ0) is 14.2. The van der Waals surface area contributed by atoms with Crippen molar-refractivity contribution in [2.45, 2.75) is 20.3 Å². The van der Waals surface area contributed by atoms with Gasteiger partial charge in [0.1, 0.15) is 0 Å². The molecule has 0 amide bonds. The van der Waals surface area contributed by atoms with Gasteiger partial charge in [0.15, 0.2) is 5.78 Å². The van der Waals surface area contributed by atoms with Crippen LogP contribution in [0.25, 0.3) is 0 Å². The molecule has 100 valence electrons. The minimum absolute atomic E-state index is 0.114. The van der Waals surface area contributed by atoms with E-state index in [9.17, 15) is 14.4 Å². The lowest BCUT2D eigenvalue weighted by molar-refractivity contribution is -0.154. The van der Waals surface area contributed by atoms with Crippen LogP contribution in [-0.2, 0) is 20.7 Å². The lowest BCUT2D eigenvalue weighted by atomic mass is 10.00. The number of Topliss-reactive ketones (excluding diaryl/α,β-unsaturated/α-hetero) is 2. The van der Waals surface area contributed by atoms with Crippen molar-refractivity contribution in [1.29, 1.82) is 0 Å². The molecule has 0 bridgehead atoms. The summed E-state index contributed by atoms with van der Waals surface area (Å²) in [6.07, 6.45) is 0.214. The molecule has 4 nitrogen and oxygen atoms in total. The van der Waals surface area contributed by atoms with E-state index in [1.54, 1.807) is 26.0 Å². The average Bonchev–Trinajstić information content (AvgIpc) is 2.67. The number of benzene rings is 1. The Labute approximate surface area is 115 Å². The second-order valence-electron chi connectivity index (χ2n) is 4.46. The Morgan fingerprint density at radius 3 is 2.74 bits per heavy atom. The van der Waals surface area contributed by atoms with Gasteiger partial charge in [-0.2, -0.15) is 0 Å². The summed E-state index contributed by atoms with van der Waals surface area (Å²) in [5, 5.41) is 0.552. The summed E-state index contributed by atoms with van der Waals surface area (Å²) < 4.78 is 4.64. The van der Waals surface area contributed by atoms with E-state index in [0.717, 1.165) is 5.56 Å². The number of ether oxygens (including phenoxy) is 1. The Hall–Kier alpha value is -1.68. The number of carbonyl (C=O) groups excluding carboxylic acids is 3. The fourth-order valence-electron chi connectivity index (χ4n) is 2.18. The normalized spacial score (nSPS) is 17.2. The van der Waals surface area contributed by atoms with Crippen molar-refractivity contribution in [3.63, 3.8) is 0 Å². The van der Waals surface area contributed by atoms with Crippen LogP contribution in [0.1, 0.15) is 28.4 Å². The van der Waals surface area contributed by atoms with Crippen molar-refractivity contribution in [2.75, 3.05) is 6.61 Å². The molecule has 19 heavy (non-hydrogen) atoms. The number of rotatable bonds is 3. The van der Waals surface area contributed by atoms with E-state index in [2.05, 4.69) is 4.74 Å². The number of fused-ring (bicyclic) bond motifs is 1.